The summed E-state index contributed by atoms with van der Waals surface area (Å²) in [6, 6.07) is 8.76. The van der Waals surface area contributed by atoms with Crippen molar-refractivity contribution in [2.45, 2.75) is 12.5 Å². The molecule has 1 atom stereocenters. The molecule has 0 aliphatic carbocycles. The Balaban J connectivity index is 2.35. The van der Waals surface area contributed by atoms with E-state index in [1.807, 2.05) is 30.3 Å². The van der Waals surface area contributed by atoms with Gasteiger partial charge in [0.25, 0.3) is 0 Å². The molecule has 4 heteroatoms. The fourth-order valence-electron chi connectivity index (χ4n) is 1.04. The van der Waals surface area contributed by atoms with Crippen LogP contribution in [0, 0.1) is 11.3 Å². The molecular weight excluding hydrogens is 192 g/mol. The summed E-state index contributed by atoms with van der Waals surface area (Å²) in [5, 5.41) is 8.45. The molecule has 2 N–H and O–H groups in total. The highest BCUT2D eigenvalue weighted by Gasteiger charge is 2.00. The maximum Gasteiger partial charge on any atom is 0.119 e. The van der Waals surface area contributed by atoms with Crippen molar-refractivity contribution in [2.24, 2.45) is 5.73 Å². The molecule has 80 valence electrons. The third kappa shape index (κ3) is 3.88. The van der Waals surface area contributed by atoms with Crippen LogP contribution in [0.1, 0.15) is 6.42 Å². The Kier molecular flexibility index (Phi) is 4.45. The highest BCUT2D eigenvalue weighted by atomic mass is 16.5. The van der Waals surface area contributed by atoms with Gasteiger partial charge in [0.1, 0.15) is 11.5 Å². The summed E-state index contributed by atoms with van der Waals surface area (Å²) >= 11 is 0. The van der Waals surface area contributed by atoms with E-state index in [0.29, 0.717) is 13.0 Å². The van der Waals surface area contributed by atoms with Gasteiger partial charge in [-0.2, -0.15) is 5.26 Å². The van der Waals surface area contributed by atoms with Crippen LogP contribution in [0.3, 0.4) is 0 Å². The lowest BCUT2D eigenvalue weighted by Crippen LogP contribution is -2.20. The van der Waals surface area contributed by atoms with Crippen LogP contribution in [0.5, 0.6) is 11.5 Å². The first-order chi connectivity index (χ1) is 7.26. The van der Waals surface area contributed by atoms with E-state index >= 15 is 0 Å². The lowest BCUT2D eigenvalue weighted by atomic mass is 10.2. The van der Waals surface area contributed by atoms with E-state index in [1.165, 1.54) is 0 Å². The third-order valence-electron chi connectivity index (χ3n) is 1.92. The van der Waals surface area contributed by atoms with E-state index in [-0.39, 0.29) is 0 Å². The van der Waals surface area contributed by atoms with Crippen LogP contribution in [0.25, 0.3) is 0 Å². The molecule has 15 heavy (non-hydrogen) atoms. The minimum atomic E-state index is -0.455. The molecule has 0 heterocycles. The van der Waals surface area contributed by atoms with Crippen LogP contribution in [0.4, 0.5) is 0 Å². The monoisotopic (exact) mass is 206 g/mol. The molecule has 1 aromatic carbocycles. The van der Waals surface area contributed by atoms with Gasteiger partial charge in [0.2, 0.25) is 0 Å². The van der Waals surface area contributed by atoms with Crippen molar-refractivity contribution in [3.05, 3.63) is 24.3 Å². The Morgan fingerprint density at radius 1 is 1.33 bits per heavy atom. The predicted octanol–water partition coefficient (Wildman–Crippen LogP) is 1.31. The number of rotatable bonds is 5. The number of nitriles is 1. The van der Waals surface area contributed by atoms with Crippen LogP contribution >= 0.6 is 0 Å². The van der Waals surface area contributed by atoms with E-state index in [1.54, 1.807) is 7.11 Å². The highest BCUT2D eigenvalue weighted by molar-refractivity contribution is 5.31. The lowest BCUT2D eigenvalue weighted by molar-refractivity contribution is 0.305. The summed E-state index contributed by atoms with van der Waals surface area (Å²) in [5.41, 5.74) is 5.42. The van der Waals surface area contributed by atoms with Gasteiger partial charge >= 0.3 is 0 Å². The minimum absolute atomic E-state index is 0.445. The second-order valence-electron chi connectivity index (χ2n) is 3.05. The van der Waals surface area contributed by atoms with Crippen LogP contribution in [0.2, 0.25) is 0 Å². The number of methoxy groups -OCH3 is 1. The van der Waals surface area contributed by atoms with Crippen LogP contribution in [-0.2, 0) is 0 Å². The summed E-state index contributed by atoms with van der Waals surface area (Å²) in [6.45, 7) is 0.445. The Morgan fingerprint density at radius 3 is 2.47 bits per heavy atom. The van der Waals surface area contributed by atoms with Gasteiger partial charge < -0.3 is 15.2 Å². The van der Waals surface area contributed by atoms with Crippen LogP contribution < -0.4 is 15.2 Å². The maximum atomic E-state index is 8.45. The van der Waals surface area contributed by atoms with Gasteiger partial charge in [-0.3, -0.25) is 0 Å². The molecule has 4 nitrogen and oxygen atoms in total. The summed E-state index contributed by atoms with van der Waals surface area (Å²) in [6.07, 6.45) is 0.530. The molecule has 0 aliphatic heterocycles. The molecule has 0 saturated heterocycles. The third-order valence-corrected chi connectivity index (χ3v) is 1.92. The largest absolute Gasteiger partial charge is 0.497 e. The van der Waals surface area contributed by atoms with Crippen molar-refractivity contribution in [3.63, 3.8) is 0 Å². The number of nitrogens with two attached hydrogens (primary N) is 1. The molecule has 1 rings (SSSR count). The SMILES string of the molecule is COc1ccc(OCCC(N)C#N)cc1. The minimum Gasteiger partial charge on any atom is -0.497 e. The molecule has 0 radical (unpaired) electrons. The molecule has 0 saturated carbocycles. The van der Waals surface area contributed by atoms with Gasteiger partial charge in [0.15, 0.2) is 0 Å². The fourth-order valence-corrected chi connectivity index (χ4v) is 1.04. The fraction of sp³-hybridized carbons (Fsp3) is 0.364. The zero-order valence-corrected chi connectivity index (χ0v) is 8.64. The Bertz CT molecular complexity index is 329. The van der Waals surface area contributed by atoms with Crippen molar-refractivity contribution in [1.29, 1.82) is 5.26 Å². The quantitative estimate of drug-likeness (QED) is 0.788. The van der Waals surface area contributed by atoms with Crippen molar-refractivity contribution < 1.29 is 9.47 Å². The van der Waals surface area contributed by atoms with E-state index < -0.39 is 6.04 Å². The molecule has 0 spiro atoms. The normalized spacial score (nSPS) is 11.5. The molecule has 0 aliphatic rings. The summed E-state index contributed by atoms with van der Waals surface area (Å²) in [4.78, 5) is 0. The van der Waals surface area contributed by atoms with Crippen molar-refractivity contribution in [1.82, 2.24) is 0 Å². The molecule has 1 unspecified atom stereocenters. The lowest BCUT2D eigenvalue weighted by Gasteiger charge is -2.07. The van der Waals surface area contributed by atoms with Gasteiger partial charge in [-0.25, -0.2) is 0 Å². The first-order valence-electron chi connectivity index (χ1n) is 4.68. The summed E-state index contributed by atoms with van der Waals surface area (Å²) in [5.74, 6) is 1.54. The number of hydrogen-bond donors (Lipinski definition) is 1. The van der Waals surface area contributed by atoms with Crippen molar-refractivity contribution in [3.8, 4) is 17.6 Å². The second-order valence-corrected chi connectivity index (χ2v) is 3.05. The molecule has 0 fully saturated rings. The number of benzene rings is 1. The van der Waals surface area contributed by atoms with Crippen LogP contribution in [-0.4, -0.2) is 19.8 Å². The Labute approximate surface area is 89.2 Å². The van der Waals surface area contributed by atoms with E-state index in [9.17, 15) is 0 Å². The highest BCUT2D eigenvalue weighted by Crippen LogP contribution is 2.16. The first kappa shape index (κ1) is 11.3. The van der Waals surface area contributed by atoms with E-state index in [0.717, 1.165) is 11.5 Å². The summed E-state index contributed by atoms with van der Waals surface area (Å²) in [7, 11) is 1.61. The number of nitrogens with zero attached hydrogens (tertiary/aromatic N) is 1. The second kappa shape index (κ2) is 5.89. The number of hydrogen-bond acceptors (Lipinski definition) is 4. The van der Waals surface area contributed by atoms with E-state index in [4.69, 9.17) is 20.5 Å². The van der Waals surface area contributed by atoms with Gasteiger partial charge in [0.05, 0.1) is 25.8 Å². The molecule has 0 aromatic heterocycles. The molecule has 0 amide bonds. The smallest absolute Gasteiger partial charge is 0.119 e. The topological polar surface area (TPSA) is 68.3 Å². The average Bonchev–Trinajstić information content (AvgIpc) is 2.29. The Morgan fingerprint density at radius 2 is 1.93 bits per heavy atom. The van der Waals surface area contributed by atoms with E-state index in [2.05, 4.69) is 0 Å². The predicted molar refractivity (Wildman–Crippen MR) is 56.7 cm³/mol. The van der Waals surface area contributed by atoms with Gasteiger partial charge in [-0.1, -0.05) is 0 Å². The van der Waals surface area contributed by atoms with Crippen LogP contribution in [0.15, 0.2) is 24.3 Å². The molecular formula is C11H14N2O2. The standard InChI is InChI=1S/C11H14N2O2/c1-14-10-2-4-11(5-3-10)15-7-6-9(13)8-12/h2-5,9H,6-7,13H2,1H3. The maximum absolute atomic E-state index is 8.45. The van der Waals surface area contributed by atoms with Crippen molar-refractivity contribution >= 4 is 0 Å². The summed E-state index contributed by atoms with van der Waals surface area (Å²) < 4.78 is 10.4. The molecule has 0 bridgehead atoms. The zero-order valence-electron chi connectivity index (χ0n) is 8.64. The van der Waals surface area contributed by atoms with Gasteiger partial charge in [-0.15, -0.1) is 0 Å². The Hall–Kier alpha value is -1.73. The molecule has 1 aromatic rings. The number of ether oxygens (including phenoxy) is 2. The average molecular weight is 206 g/mol. The van der Waals surface area contributed by atoms with Gasteiger partial charge in [0, 0.05) is 6.42 Å². The zero-order chi connectivity index (χ0) is 11.1. The first-order valence-corrected chi connectivity index (χ1v) is 4.68. The van der Waals surface area contributed by atoms with Crippen molar-refractivity contribution in [2.75, 3.05) is 13.7 Å². The van der Waals surface area contributed by atoms with Gasteiger partial charge in [-0.05, 0) is 24.3 Å².